The third kappa shape index (κ3) is 2.22. The Morgan fingerprint density at radius 1 is 1.50 bits per heavy atom. The van der Waals surface area contributed by atoms with E-state index in [1.807, 2.05) is 4.90 Å². The Bertz CT molecular complexity index is 319. The van der Waals surface area contributed by atoms with E-state index in [9.17, 15) is 9.90 Å². The molecule has 2 fully saturated rings. The Morgan fingerprint density at radius 2 is 2.25 bits per heavy atom. The van der Waals surface area contributed by atoms with E-state index in [-0.39, 0.29) is 6.04 Å². The van der Waals surface area contributed by atoms with Gasteiger partial charge in [-0.2, -0.15) is 0 Å². The quantitative estimate of drug-likeness (QED) is 0.851. The highest BCUT2D eigenvalue weighted by atomic mass is 35.5. The number of aliphatic carboxylic acids is 1. The maximum absolute atomic E-state index is 11.3. The Hall–Kier alpha value is -0.250. The van der Waals surface area contributed by atoms with Crippen molar-refractivity contribution in [3.05, 3.63) is 10.6 Å². The van der Waals surface area contributed by atoms with Crippen LogP contribution in [0.4, 0.5) is 0 Å². The molecule has 3 nitrogen and oxygen atoms in total. The molecule has 3 unspecified atom stereocenters. The monoisotopic (exact) mass is 263 g/mol. The van der Waals surface area contributed by atoms with Crippen LogP contribution in [0.5, 0.6) is 0 Å². The number of fused-ring (bicyclic) bond motifs is 1. The molecule has 1 heterocycles. The SMILES string of the molecule is O=C(O)C1C2CCCC2CN1CC(Cl)=CCl. The third-order valence-electron chi connectivity index (χ3n) is 3.71. The first-order valence-electron chi connectivity index (χ1n) is 5.55. The number of halogens is 2. The zero-order valence-electron chi connectivity index (χ0n) is 8.90. The molecular formula is C11H15Cl2NO2. The Kier molecular flexibility index (Phi) is 3.77. The van der Waals surface area contributed by atoms with E-state index in [0.717, 1.165) is 25.8 Å². The lowest BCUT2D eigenvalue weighted by atomic mass is 9.94. The van der Waals surface area contributed by atoms with E-state index in [1.54, 1.807) is 0 Å². The van der Waals surface area contributed by atoms with Gasteiger partial charge in [0.05, 0.1) is 0 Å². The van der Waals surface area contributed by atoms with Crippen molar-refractivity contribution in [1.82, 2.24) is 4.90 Å². The molecule has 1 aliphatic carbocycles. The lowest BCUT2D eigenvalue weighted by Crippen LogP contribution is -2.40. The van der Waals surface area contributed by atoms with E-state index < -0.39 is 5.97 Å². The predicted molar refractivity (Wildman–Crippen MR) is 63.6 cm³/mol. The van der Waals surface area contributed by atoms with Crippen LogP contribution < -0.4 is 0 Å². The largest absolute Gasteiger partial charge is 0.480 e. The molecule has 0 radical (unpaired) electrons. The summed E-state index contributed by atoms with van der Waals surface area (Å²) < 4.78 is 0. The van der Waals surface area contributed by atoms with Crippen molar-refractivity contribution in [2.24, 2.45) is 11.8 Å². The van der Waals surface area contributed by atoms with Gasteiger partial charge in [-0.05, 0) is 24.7 Å². The smallest absolute Gasteiger partial charge is 0.321 e. The van der Waals surface area contributed by atoms with E-state index in [4.69, 9.17) is 23.2 Å². The normalized spacial score (nSPS) is 35.4. The van der Waals surface area contributed by atoms with E-state index in [0.29, 0.717) is 23.4 Å². The summed E-state index contributed by atoms with van der Waals surface area (Å²) in [5.74, 6) is 0.103. The molecule has 1 saturated carbocycles. The number of carbonyl (C=O) groups is 1. The molecule has 0 bridgehead atoms. The zero-order chi connectivity index (χ0) is 11.7. The average Bonchev–Trinajstić information content (AvgIpc) is 2.76. The van der Waals surface area contributed by atoms with Gasteiger partial charge in [-0.3, -0.25) is 9.69 Å². The van der Waals surface area contributed by atoms with Crippen LogP contribution in [0.2, 0.25) is 0 Å². The number of hydrogen-bond donors (Lipinski definition) is 1. The van der Waals surface area contributed by atoms with Gasteiger partial charge in [-0.15, -0.1) is 0 Å². The van der Waals surface area contributed by atoms with Gasteiger partial charge >= 0.3 is 5.97 Å². The molecule has 0 aromatic heterocycles. The van der Waals surface area contributed by atoms with Crippen molar-refractivity contribution in [3.8, 4) is 0 Å². The molecule has 3 atom stereocenters. The Balaban J connectivity index is 2.10. The van der Waals surface area contributed by atoms with Gasteiger partial charge < -0.3 is 5.11 Å². The molecule has 0 aromatic rings. The number of likely N-dealkylation sites (tertiary alicyclic amines) is 1. The first-order valence-corrected chi connectivity index (χ1v) is 6.36. The standard InChI is InChI=1S/C11H15Cl2NO2/c12-4-8(13)6-14-5-7-2-1-3-9(7)10(14)11(15)16/h4,7,9-10H,1-3,5-6H2,(H,15,16). The second-order valence-corrected chi connectivity index (χ2v) is 5.33. The number of hydrogen-bond acceptors (Lipinski definition) is 2. The minimum absolute atomic E-state index is 0.303. The molecule has 90 valence electrons. The fourth-order valence-electron chi connectivity index (χ4n) is 3.12. The number of nitrogens with zero attached hydrogens (tertiary/aromatic N) is 1. The van der Waals surface area contributed by atoms with Gasteiger partial charge in [0.25, 0.3) is 0 Å². The summed E-state index contributed by atoms with van der Waals surface area (Å²) in [6, 6.07) is -0.377. The average molecular weight is 264 g/mol. The van der Waals surface area contributed by atoms with Crippen molar-refractivity contribution in [2.45, 2.75) is 25.3 Å². The summed E-state index contributed by atoms with van der Waals surface area (Å²) in [4.78, 5) is 13.2. The third-order valence-corrected chi connectivity index (χ3v) is 4.32. The molecule has 0 aromatic carbocycles. The van der Waals surface area contributed by atoms with Crippen LogP contribution in [0.3, 0.4) is 0 Å². The number of carboxylic acids is 1. The van der Waals surface area contributed by atoms with Crippen LogP contribution in [0.1, 0.15) is 19.3 Å². The van der Waals surface area contributed by atoms with Gasteiger partial charge in [-0.1, -0.05) is 29.6 Å². The minimum atomic E-state index is -0.728. The van der Waals surface area contributed by atoms with Crippen molar-refractivity contribution in [3.63, 3.8) is 0 Å². The fraction of sp³-hybridized carbons (Fsp3) is 0.727. The van der Waals surface area contributed by atoms with Crippen LogP contribution in [-0.2, 0) is 4.79 Å². The summed E-state index contributed by atoms with van der Waals surface area (Å²) in [5, 5.41) is 9.79. The lowest BCUT2D eigenvalue weighted by molar-refractivity contribution is -0.143. The summed E-state index contributed by atoms with van der Waals surface area (Å²) >= 11 is 11.4. The van der Waals surface area contributed by atoms with Crippen molar-refractivity contribution < 1.29 is 9.90 Å². The van der Waals surface area contributed by atoms with E-state index >= 15 is 0 Å². The molecule has 2 rings (SSSR count). The summed E-state index contributed by atoms with van der Waals surface area (Å²) in [6.45, 7) is 1.29. The lowest BCUT2D eigenvalue weighted by Gasteiger charge is -2.23. The highest BCUT2D eigenvalue weighted by Gasteiger charge is 2.47. The van der Waals surface area contributed by atoms with Crippen molar-refractivity contribution in [1.29, 1.82) is 0 Å². The fourth-order valence-corrected chi connectivity index (χ4v) is 3.35. The summed E-state index contributed by atoms with van der Waals surface area (Å²) in [6.07, 6.45) is 3.33. The van der Waals surface area contributed by atoms with E-state index in [1.165, 1.54) is 5.54 Å². The molecular weight excluding hydrogens is 249 g/mol. The second-order valence-electron chi connectivity index (χ2n) is 4.62. The molecule has 1 aliphatic heterocycles. The zero-order valence-corrected chi connectivity index (χ0v) is 10.4. The molecule has 1 N–H and O–H groups in total. The summed E-state index contributed by atoms with van der Waals surface area (Å²) in [7, 11) is 0. The highest BCUT2D eigenvalue weighted by molar-refractivity contribution is 6.36. The van der Waals surface area contributed by atoms with Crippen molar-refractivity contribution in [2.75, 3.05) is 13.1 Å². The van der Waals surface area contributed by atoms with Gasteiger partial charge in [0.1, 0.15) is 6.04 Å². The van der Waals surface area contributed by atoms with E-state index in [2.05, 4.69) is 0 Å². The maximum atomic E-state index is 11.3. The van der Waals surface area contributed by atoms with Crippen LogP contribution >= 0.6 is 23.2 Å². The molecule has 2 aliphatic rings. The second kappa shape index (κ2) is 4.94. The predicted octanol–water partition coefficient (Wildman–Crippen LogP) is 2.49. The maximum Gasteiger partial charge on any atom is 0.321 e. The number of rotatable bonds is 3. The minimum Gasteiger partial charge on any atom is -0.480 e. The van der Waals surface area contributed by atoms with Gasteiger partial charge in [0.15, 0.2) is 0 Å². The molecule has 5 heteroatoms. The topological polar surface area (TPSA) is 40.5 Å². The van der Waals surface area contributed by atoms with Crippen LogP contribution in [0.15, 0.2) is 10.6 Å². The van der Waals surface area contributed by atoms with Gasteiger partial charge in [0, 0.05) is 23.7 Å². The highest BCUT2D eigenvalue weighted by Crippen LogP contribution is 2.42. The van der Waals surface area contributed by atoms with Crippen LogP contribution in [0, 0.1) is 11.8 Å². The Labute approximate surface area is 105 Å². The molecule has 0 amide bonds. The van der Waals surface area contributed by atoms with Crippen LogP contribution in [0.25, 0.3) is 0 Å². The first-order chi connectivity index (χ1) is 7.63. The number of carboxylic acid groups (broad SMARTS) is 1. The van der Waals surface area contributed by atoms with Crippen molar-refractivity contribution >= 4 is 29.2 Å². The van der Waals surface area contributed by atoms with Crippen LogP contribution in [-0.4, -0.2) is 35.1 Å². The molecule has 0 spiro atoms. The van der Waals surface area contributed by atoms with Gasteiger partial charge in [0.2, 0.25) is 0 Å². The molecule has 1 saturated heterocycles. The Morgan fingerprint density at radius 3 is 2.88 bits per heavy atom. The first kappa shape index (κ1) is 12.2. The molecule has 16 heavy (non-hydrogen) atoms. The summed E-state index contributed by atoms with van der Waals surface area (Å²) in [5.41, 5.74) is 1.31. The van der Waals surface area contributed by atoms with Gasteiger partial charge in [-0.25, -0.2) is 0 Å².